The second kappa shape index (κ2) is 8.00. The van der Waals surface area contributed by atoms with Crippen LogP contribution in [0.15, 0.2) is 0 Å². The van der Waals surface area contributed by atoms with Crippen LogP contribution in [-0.2, 0) is 14.3 Å². The molecule has 9 heteroatoms. The molecule has 0 rings (SSSR count). The maximum atomic E-state index is 10.6. The van der Waals surface area contributed by atoms with Crippen molar-refractivity contribution in [1.29, 1.82) is 0 Å². The lowest BCUT2D eigenvalue weighted by Crippen LogP contribution is -2.21. The summed E-state index contributed by atoms with van der Waals surface area (Å²) in [7, 11) is 0. The first-order valence-electron chi connectivity index (χ1n) is 3.51. The highest BCUT2D eigenvalue weighted by Gasteiger charge is 2.38. The summed E-state index contributed by atoms with van der Waals surface area (Å²) in [5.74, 6) is -3.72. The molecule has 4 N–H and O–H groups in total. The van der Waals surface area contributed by atoms with Gasteiger partial charge in [-0.15, -0.1) is 0 Å². The summed E-state index contributed by atoms with van der Waals surface area (Å²) in [4.78, 5) is 18.6. The Balaban J connectivity index is 0. The van der Waals surface area contributed by atoms with Crippen molar-refractivity contribution in [3.8, 4) is 0 Å². The van der Waals surface area contributed by atoms with Crippen molar-refractivity contribution in [3.63, 3.8) is 0 Å². The number of carboxylic acid groups (broad SMARTS) is 2. The van der Waals surface area contributed by atoms with Crippen molar-refractivity contribution in [3.05, 3.63) is 0 Å². The van der Waals surface area contributed by atoms with E-state index in [2.05, 4.69) is 4.74 Å². The minimum absolute atomic E-state index is 0.253. The average Bonchev–Trinajstić information content (AvgIpc) is 2.03. The second-order valence-corrected chi connectivity index (χ2v) is 2.04. The van der Waals surface area contributed by atoms with Crippen molar-refractivity contribution in [2.75, 3.05) is 19.8 Å². The lowest BCUT2D eigenvalue weighted by Gasteiger charge is -1.94. The molecule has 0 aliphatic rings. The standard InChI is InChI=1S/C4H9NO3.C2HF3O2/c5-1-2-8-3-4(6)7;3-2(4,5)1(6)7/h1-3,5H2,(H,6,7);(H,6,7). The molecule has 6 nitrogen and oxygen atoms in total. The van der Waals surface area contributed by atoms with Gasteiger partial charge in [0.25, 0.3) is 0 Å². The van der Waals surface area contributed by atoms with Crippen LogP contribution in [0.3, 0.4) is 0 Å². The van der Waals surface area contributed by atoms with Gasteiger partial charge in [0.05, 0.1) is 6.61 Å². The van der Waals surface area contributed by atoms with Crippen LogP contribution in [0.2, 0.25) is 0 Å². The molecule has 0 spiro atoms. The van der Waals surface area contributed by atoms with Crippen LogP contribution in [0.25, 0.3) is 0 Å². The van der Waals surface area contributed by atoms with E-state index in [0.717, 1.165) is 0 Å². The molecular weight excluding hydrogens is 223 g/mol. The number of nitrogens with two attached hydrogens (primary N) is 1. The van der Waals surface area contributed by atoms with Gasteiger partial charge in [-0.05, 0) is 0 Å². The van der Waals surface area contributed by atoms with Gasteiger partial charge in [-0.2, -0.15) is 13.2 Å². The summed E-state index contributed by atoms with van der Waals surface area (Å²) in [6.07, 6.45) is -5.08. The molecule has 0 aromatic heterocycles. The van der Waals surface area contributed by atoms with Gasteiger partial charge in [0.15, 0.2) is 0 Å². The third-order valence-corrected chi connectivity index (χ3v) is 0.730. The third kappa shape index (κ3) is 15.4. The van der Waals surface area contributed by atoms with Crippen LogP contribution in [0, 0.1) is 0 Å². The van der Waals surface area contributed by atoms with E-state index in [4.69, 9.17) is 20.7 Å². The first-order chi connectivity index (χ1) is 6.71. The predicted molar refractivity (Wildman–Crippen MR) is 41.2 cm³/mol. The third-order valence-electron chi connectivity index (χ3n) is 0.730. The summed E-state index contributed by atoms with van der Waals surface area (Å²) in [5, 5.41) is 15.1. The number of alkyl halides is 3. The molecule has 0 atom stereocenters. The summed E-state index contributed by atoms with van der Waals surface area (Å²) >= 11 is 0. The molecular formula is C6H10F3NO5. The maximum absolute atomic E-state index is 10.6. The largest absolute Gasteiger partial charge is 0.490 e. The van der Waals surface area contributed by atoms with Gasteiger partial charge in [0.1, 0.15) is 6.61 Å². The Bertz CT molecular complexity index is 205. The fraction of sp³-hybridized carbons (Fsp3) is 0.667. The molecule has 0 bridgehead atoms. The average molecular weight is 233 g/mol. The zero-order valence-electron chi connectivity index (χ0n) is 7.45. The van der Waals surface area contributed by atoms with E-state index >= 15 is 0 Å². The Kier molecular flexibility index (Phi) is 8.58. The summed E-state index contributed by atoms with van der Waals surface area (Å²) in [6, 6.07) is 0. The van der Waals surface area contributed by atoms with Gasteiger partial charge in [-0.25, -0.2) is 9.59 Å². The molecule has 0 unspecified atom stereocenters. The molecule has 0 aromatic rings. The summed E-state index contributed by atoms with van der Waals surface area (Å²) in [6.45, 7) is 0.427. The van der Waals surface area contributed by atoms with Crippen LogP contribution >= 0.6 is 0 Å². The number of halogens is 3. The van der Waals surface area contributed by atoms with Crippen LogP contribution < -0.4 is 5.73 Å². The molecule has 0 fully saturated rings. The summed E-state index contributed by atoms with van der Waals surface area (Å²) < 4.78 is 36.3. The zero-order valence-corrected chi connectivity index (χ0v) is 7.45. The molecule has 15 heavy (non-hydrogen) atoms. The van der Waals surface area contributed by atoms with E-state index in [9.17, 15) is 18.0 Å². The monoisotopic (exact) mass is 233 g/mol. The first kappa shape index (κ1) is 16.1. The van der Waals surface area contributed by atoms with Crippen LogP contribution in [0.5, 0.6) is 0 Å². The zero-order chi connectivity index (χ0) is 12.5. The molecule has 90 valence electrons. The Labute approximate surface area is 82.4 Å². The normalized spacial score (nSPS) is 10.1. The topological polar surface area (TPSA) is 110 Å². The molecule has 0 aliphatic carbocycles. The lowest BCUT2D eigenvalue weighted by molar-refractivity contribution is -0.192. The van der Waals surface area contributed by atoms with E-state index in [1.807, 2.05) is 0 Å². The van der Waals surface area contributed by atoms with Crippen LogP contribution in [-0.4, -0.2) is 48.1 Å². The number of ether oxygens (including phenoxy) is 1. The molecule has 0 saturated heterocycles. The molecule has 0 radical (unpaired) electrons. The molecule has 0 aromatic carbocycles. The van der Waals surface area contributed by atoms with Crippen molar-refractivity contribution < 1.29 is 37.7 Å². The first-order valence-corrected chi connectivity index (χ1v) is 3.51. The highest BCUT2D eigenvalue weighted by molar-refractivity contribution is 5.73. The Hall–Kier alpha value is -1.35. The molecule has 0 amide bonds. The number of hydrogen-bond donors (Lipinski definition) is 3. The van der Waals surface area contributed by atoms with E-state index in [0.29, 0.717) is 13.2 Å². The number of rotatable bonds is 4. The fourth-order valence-corrected chi connectivity index (χ4v) is 0.243. The summed E-state index contributed by atoms with van der Waals surface area (Å²) in [5.41, 5.74) is 5.00. The number of carboxylic acids is 2. The van der Waals surface area contributed by atoms with Gasteiger partial charge in [0.2, 0.25) is 0 Å². The van der Waals surface area contributed by atoms with Crippen molar-refractivity contribution in [2.24, 2.45) is 5.73 Å². The van der Waals surface area contributed by atoms with E-state index in [1.165, 1.54) is 0 Å². The van der Waals surface area contributed by atoms with Crippen molar-refractivity contribution in [1.82, 2.24) is 0 Å². The van der Waals surface area contributed by atoms with Gasteiger partial charge in [-0.3, -0.25) is 0 Å². The highest BCUT2D eigenvalue weighted by Crippen LogP contribution is 2.13. The van der Waals surface area contributed by atoms with Gasteiger partial charge in [0, 0.05) is 6.54 Å². The van der Waals surface area contributed by atoms with E-state index in [1.54, 1.807) is 0 Å². The second-order valence-electron chi connectivity index (χ2n) is 2.04. The van der Waals surface area contributed by atoms with Crippen LogP contribution in [0.1, 0.15) is 0 Å². The van der Waals surface area contributed by atoms with Crippen LogP contribution in [0.4, 0.5) is 13.2 Å². The molecule has 0 heterocycles. The van der Waals surface area contributed by atoms with Gasteiger partial charge >= 0.3 is 18.1 Å². The Morgan fingerprint density at radius 3 is 1.87 bits per heavy atom. The molecule has 0 aliphatic heterocycles. The lowest BCUT2D eigenvalue weighted by atomic mass is 10.7. The smallest absolute Gasteiger partial charge is 0.480 e. The minimum atomic E-state index is -5.08. The minimum Gasteiger partial charge on any atom is -0.480 e. The quantitative estimate of drug-likeness (QED) is 0.574. The highest BCUT2D eigenvalue weighted by atomic mass is 19.4. The Morgan fingerprint density at radius 1 is 1.27 bits per heavy atom. The van der Waals surface area contributed by atoms with Crippen molar-refractivity contribution >= 4 is 11.9 Å². The molecule has 0 saturated carbocycles. The van der Waals surface area contributed by atoms with Crippen molar-refractivity contribution in [2.45, 2.75) is 6.18 Å². The maximum Gasteiger partial charge on any atom is 0.490 e. The predicted octanol–water partition coefficient (Wildman–Crippen LogP) is -0.320. The SMILES string of the molecule is NCCOCC(=O)O.O=C(O)C(F)(F)F. The fourth-order valence-electron chi connectivity index (χ4n) is 0.243. The van der Waals surface area contributed by atoms with E-state index < -0.39 is 18.1 Å². The number of aliphatic carboxylic acids is 2. The Morgan fingerprint density at radius 2 is 1.67 bits per heavy atom. The number of carbonyl (C=O) groups is 2. The van der Waals surface area contributed by atoms with Gasteiger partial charge in [-0.1, -0.05) is 0 Å². The number of hydrogen-bond acceptors (Lipinski definition) is 4. The van der Waals surface area contributed by atoms with Gasteiger partial charge < -0.3 is 20.7 Å². The van der Waals surface area contributed by atoms with E-state index in [-0.39, 0.29) is 6.61 Å².